The Balaban J connectivity index is 2.23. The molecule has 0 bridgehead atoms. The average molecular weight is 334 g/mol. The Hall–Kier alpha value is -1.55. The van der Waals surface area contributed by atoms with E-state index in [9.17, 15) is 4.79 Å². The standard InChI is InChI=1S/C20H30O4/c1-15-13-16(24-18(22)9-5-8-12-21)14-17(19(15)23-3)20(2)10-6-4-7-11-20/h13-14,21H,4-12H2,1-3H3. The van der Waals surface area contributed by atoms with Crippen LogP contribution in [0, 0.1) is 6.92 Å². The Labute approximate surface area is 145 Å². The van der Waals surface area contributed by atoms with Gasteiger partial charge >= 0.3 is 5.97 Å². The number of carbonyl (C=O) groups is 1. The molecule has 4 heteroatoms. The van der Waals surface area contributed by atoms with Crippen molar-refractivity contribution >= 4 is 5.97 Å². The summed E-state index contributed by atoms with van der Waals surface area (Å²) in [5.74, 6) is 1.27. The van der Waals surface area contributed by atoms with Crippen LogP contribution in [0.5, 0.6) is 11.5 Å². The van der Waals surface area contributed by atoms with E-state index >= 15 is 0 Å². The van der Waals surface area contributed by atoms with Gasteiger partial charge in [-0.15, -0.1) is 0 Å². The predicted octanol–water partition coefficient (Wildman–Crippen LogP) is 4.29. The second kappa shape index (κ2) is 8.52. The van der Waals surface area contributed by atoms with E-state index in [-0.39, 0.29) is 18.0 Å². The van der Waals surface area contributed by atoms with Gasteiger partial charge in [-0.2, -0.15) is 0 Å². The molecule has 0 saturated heterocycles. The number of carbonyl (C=O) groups excluding carboxylic acids is 1. The van der Waals surface area contributed by atoms with Crippen LogP contribution in [0.2, 0.25) is 0 Å². The number of ether oxygens (including phenoxy) is 2. The van der Waals surface area contributed by atoms with E-state index in [1.165, 1.54) is 19.3 Å². The predicted molar refractivity (Wildman–Crippen MR) is 94.7 cm³/mol. The molecule has 134 valence electrons. The minimum absolute atomic E-state index is 0.0770. The minimum atomic E-state index is -0.243. The zero-order valence-electron chi connectivity index (χ0n) is 15.2. The van der Waals surface area contributed by atoms with Gasteiger partial charge in [0.2, 0.25) is 0 Å². The molecule has 1 fully saturated rings. The first kappa shape index (κ1) is 18.8. The smallest absolute Gasteiger partial charge is 0.311 e. The SMILES string of the molecule is COc1c(C)cc(OC(=O)CCCCO)cc1C1(C)CCCCC1. The van der Waals surface area contributed by atoms with E-state index in [4.69, 9.17) is 14.6 Å². The van der Waals surface area contributed by atoms with Crippen molar-refractivity contribution in [2.45, 2.75) is 70.6 Å². The molecule has 1 aromatic carbocycles. The van der Waals surface area contributed by atoms with Crippen LogP contribution < -0.4 is 9.47 Å². The van der Waals surface area contributed by atoms with Crippen molar-refractivity contribution in [1.29, 1.82) is 0 Å². The molecule has 0 atom stereocenters. The number of unbranched alkanes of at least 4 members (excludes halogenated alkanes) is 1. The van der Waals surface area contributed by atoms with Crippen LogP contribution >= 0.6 is 0 Å². The molecule has 2 rings (SSSR count). The Morgan fingerprint density at radius 3 is 2.54 bits per heavy atom. The second-order valence-corrected chi connectivity index (χ2v) is 7.10. The Bertz CT molecular complexity index is 559. The lowest BCUT2D eigenvalue weighted by atomic mass is 9.70. The zero-order valence-corrected chi connectivity index (χ0v) is 15.2. The summed E-state index contributed by atoms with van der Waals surface area (Å²) in [6, 6.07) is 3.86. The van der Waals surface area contributed by atoms with Crippen LogP contribution in [-0.2, 0) is 10.2 Å². The molecule has 24 heavy (non-hydrogen) atoms. The number of esters is 1. The van der Waals surface area contributed by atoms with E-state index in [1.807, 2.05) is 19.1 Å². The Kier molecular flexibility index (Phi) is 6.67. The second-order valence-electron chi connectivity index (χ2n) is 7.10. The third-order valence-electron chi connectivity index (χ3n) is 5.08. The maximum atomic E-state index is 12.0. The third kappa shape index (κ3) is 4.50. The van der Waals surface area contributed by atoms with Crippen LogP contribution in [0.25, 0.3) is 0 Å². The first-order valence-corrected chi connectivity index (χ1v) is 9.01. The average Bonchev–Trinajstić information content (AvgIpc) is 2.55. The summed E-state index contributed by atoms with van der Waals surface area (Å²) in [5.41, 5.74) is 2.23. The largest absolute Gasteiger partial charge is 0.496 e. The van der Waals surface area contributed by atoms with E-state index in [0.29, 0.717) is 25.0 Å². The van der Waals surface area contributed by atoms with Crippen molar-refractivity contribution in [2.75, 3.05) is 13.7 Å². The van der Waals surface area contributed by atoms with Gasteiger partial charge in [-0.3, -0.25) is 4.79 Å². The molecule has 1 N–H and O–H groups in total. The van der Waals surface area contributed by atoms with Gasteiger partial charge in [-0.05, 0) is 55.7 Å². The lowest BCUT2D eigenvalue weighted by Gasteiger charge is -2.35. The molecule has 1 saturated carbocycles. The van der Waals surface area contributed by atoms with Crippen molar-refractivity contribution in [3.05, 3.63) is 23.3 Å². The number of aliphatic hydroxyl groups excluding tert-OH is 1. The van der Waals surface area contributed by atoms with E-state index in [2.05, 4.69) is 6.92 Å². The number of benzene rings is 1. The van der Waals surface area contributed by atoms with Crippen molar-refractivity contribution in [3.63, 3.8) is 0 Å². The summed E-state index contributed by atoms with van der Waals surface area (Å²) in [6.07, 6.45) is 7.62. The van der Waals surface area contributed by atoms with Crippen LogP contribution in [-0.4, -0.2) is 24.8 Å². The third-order valence-corrected chi connectivity index (χ3v) is 5.08. The first-order valence-electron chi connectivity index (χ1n) is 9.01. The monoisotopic (exact) mass is 334 g/mol. The van der Waals surface area contributed by atoms with Crippen molar-refractivity contribution in [2.24, 2.45) is 0 Å². The molecular weight excluding hydrogens is 304 g/mol. The van der Waals surface area contributed by atoms with Crippen LogP contribution in [0.1, 0.15) is 69.4 Å². The summed E-state index contributed by atoms with van der Waals surface area (Å²) in [4.78, 5) is 12.0. The van der Waals surface area contributed by atoms with Gasteiger partial charge in [0.05, 0.1) is 7.11 Å². The zero-order chi connectivity index (χ0) is 17.6. The molecule has 0 heterocycles. The Morgan fingerprint density at radius 1 is 1.21 bits per heavy atom. The molecular formula is C20H30O4. The molecule has 0 amide bonds. The highest BCUT2D eigenvalue weighted by Crippen LogP contribution is 2.45. The van der Waals surface area contributed by atoms with Crippen molar-refractivity contribution < 1.29 is 19.4 Å². The number of rotatable bonds is 7. The van der Waals surface area contributed by atoms with Gasteiger partial charge < -0.3 is 14.6 Å². The topological polar surface area (TPSA) is 55.8 Å². The molecule has 0 radical (unpaired) electrons. The highest BCUT2D eigenvalue weighted by molar-refractivity contribution is 5.72. The molecule has 0 spiro atoms. The van der Waals surface area contributed by atoms with Gasteiger partial charge in [0.1, 0.15) is 11.5 Å². The first-order chi connectivity index (χ1) is 11.5. The van der Waals surface area contributed by atoms with Gasteiger partial charge in [-0.1, -0.05) is 26.2 Å². The molecule has 4 nitrogen and oxygen atoms in total. The fourth-order valence-corrected chi connectivity index (χ4v) is 3.68. The molecule has 1 aromatic rings. The number of hydrogen-bond donors (Lipinski definition) is 1. The summed E-state index contributed by atoms with van der Waals surface area (Å²) >= 11 is 0. The maximum absolute atomic E-state index is 12.0. The van der Waals surface area contributed by atoms with Crippen LogP contribution in [0.15, 0.2) is 12.1 Å². The quantitative estimate of drug-likeness (QED) is 0.459. The van der Waals surface area contributed by atoms with E-state index in [0.717, 1.165) is 29.7 Å². The van der Waals surface area contributed by atoms with Gasteiger partial charge in [0.25, 0.3) is 0 Å². The normalized spacial score (nSPS) is 16.7. The van der Waals surface area contributed by atoms with Gasteiger partial charge in [-0.25, -0.2) is 0 Å². The molecule has 0 unspecified atom stereocenters. The minimum Gasteiger partial charge on any atom is -0.496 e. The highest BCUT2D eigenvalue weighted by Gasteiger charge is 2.32. The molecule has 1 aliphatic carbocycles. The fraction of sp³-hybridized carbons (Fsp3) is 0.650. The summed E-state index contributed by atoms with van der Waals surface area (Å²) in [7, 11) is 1.71. The van der Waals surface area contributed by atoms with Crippen LogP contribution in [0.3, 0.4) is 0 Å². The van der Waals surface area contributed by atoms with Crippen LogP contribution in [0.4, 0.5) is 0 Å². The number of hydrogen-bond acceptors (Lipinski definition) is 4. The fourth-order valence-electron chi connectivity index (χ4n) is 3.68. The lowest BCUT2D eigenvalue weighted by Crippen LogP contribution is -2.26. The number of aliphatic hydroxyl groups is 1. The van der Waals surface area contributed by atoms with Crippen molar-refractivity contribution in [3.8, 4) is 11.5 Å². The maximum Gasteiger partial charge on any atom is 0.311 e. The van der Waals surface area contributed by atoms with Crippen molar-refractivity contribution in [1.82, 2.24) is 0 Å². The number of methoxy groups -OCH3 is 1. The summed E-state index contributed by atoms with van der Waals surface area (Å²) in [6.45, 7) is 4.39. The van der Waals surface area contributed by atoms with Gasteiger partial charge in [0, 0.05) is 18.6 Å². The lowest BCUT2D eigenvalue weighted by molar-refractivity contribution is -0.134. The number of aryl methyl sites for hydroxylation is 1. The summed E-state index contributed by atoms with van der Waals surface area (Å²) < 4.78 is 11.2. The van der Waals surface area contributed by atoms with E-state index < -0.39 is 0 Å². The molecule has 0 aliphatic heterocycles. The van der Waals surface area contributed by atoms with E-state index in [1.54, 1.807) is 7.11 Å². The Morgan fingerprint density at radius 2 is 1.92 bits per heavy atom. The molecule has 1 aliphatic rings. The molecule has 0 aromatic heterocycles. The highest BCUT2D eigenvalue weighted by atomic mass is 16.5. The van der Waals surface area contributed by atoms with Gasteiger partial charge in [0.15, 0.2) is 0 Å². The summed E-state index contributed by atoms with van der Waals surface area (Å²) in [5, 5.41) is 8.81.